The van der Waals surface area contributed by atoms with Gasteiger partial charge in [-0.2, -0.15) is 0 Å². The Morgan fingerprint density at radius 2 is 1.93 bits per heavy atom. The second-order valence-electron chi connectivity index (χ2n) is 3.68. The van der Waals surface area contributed by atoms with E-state index < -0.39 is 0 Å². The highest BCUT2D eigenvalue weighted by molar-refractivity contribution is 7.80. The van der Waals surface area contributed by atoms with Crippen molar-refractivity contribution in [1.82, 2.24) is 0 Å². The molecule has 2 nitrogen and oxygen atoms in total. The fraction of sp³-hybridized carbons (Fsp3) is 0.417. The van der Waals surface area contributed by atoms with Crippen LogP contribution in [0, 0.1) is 6.92 Å². The first-order valence-corrected chi connectivity index (χ1v) is 5.69. The van der Waals surface area contributed by atoms with Gasteiger partial charge in [0, 0.05) is 12.2 Å². The lowest BCUT2D eigenvalue weighted by Crippen LogP contribution is -2.36. The summed E-state index contributed by atoms with van der Waals surface area (Å²) in [4.78, 5) is 1.98. The van der Waals surface area contributed by atoms with Crippen LogP contribution in [0.1, 0.15) is 25.3 Å². The van der Waals surface area contributed by atoms with E-state index in [2.05, 4.69) is 38.1 Å². The molecule has 2 N–H and O–H groups in total. The molecule has 0 aliphatic carbocycles. The quantitative estimate of drug-likeness (QED) is 0.794. The van der Waals surface area contributed by atoms with Gasteiger partial charge in [0.25, 0.3) is 0 Å². The third-order valence-electron chi connectivity index (χ3n) is 2.35. The highest BCUT2D eigenvalue weighted by atomic mass is 32.1. The maximum atomic E-state index is 5.70. The molecule has 0 aliphatic heterocycles. The number of nitrogens with two attached hydrogens (primary N) is 1. The highest BCUT2D eigenvalue weighted by Gasteiger charge is 2.07. The van der Waals surface area contributed by atoms with Crippen LogP contribution in [0.4, 0.5) is 5.69 Å². The average Bonchev–Trinajstić information content (AvgIpc) is 2.21. The number of hydrogen-bond acceptors (Lipinski definition) is 1. The van der Waals surface area contributed by atoms with Crippen molar-refractivity contribution < 1.29 is 0 Å². The number of hydrogen-bond donors (Lipinski definition) is 1. The number of aryl methyl sites for hydroxylation is 1. The molecule has 0 aromatic heterocycles. The number of thiocarbonyl (C=S) groups is 1. The molecule has 0 radical (unpaired) electrons. The van der Waals surface area contributed by atoms with Gasteiger partial charge in [-0.15, -0.1) is 0 Å². The fourth-order valence-corrected chi connectivity index (χ4v) is 1.60. The van der Waals surface area contributed by atoms with E-state index >= 15 is 0 Å². The fourth-order valence-electron chi connectivity index (χ4n) is 1.41. The Hall–Kier alpha value is -1.09. The van der Waals surface area contributed by atoms with Crippen molar-refractivity contribution in [1.29, 1.82) is 0 Å². The van der Waals surface area contributed by atoms with Gasteiger partial charge in [-0.1, -0.05) is 31.0 Å². The van der Waals surface area contributed by atoms with Gasteiger partial charge in [-0.25, -0.2) is 0 Å². The SMILES string of the molecule is CCCCN(C(N)=S)c1ccc(C)cc1. The minimum atomic E-state index is 0.451. The van der Waals surface area contributed by atoms with Gasteiger partial charge in [-0.05, 0) is 37.7 Å². The second kappa shape index (κ2) is 5.71. The van der Waals surface area contributed by atoms with Crippen molar-refractivity contribution in [2.24, 2.45) is 5.73 Å². The van der Waals surface area contributed by atoms with Crippen molar-refractivity contribution >= 4 is 23.0 Å². The summed E-state index contributed by atoms with van der Waals surface area (Å²) in [7, 11) is 0. The normalized spacial score (nSPS) is 10.0. The van der Waals surface area contributed by atoms with Crippen LogP contribution < -0.4 is 10.6 Å². The van der Waals surface area contributed by atoms with Gasteiger partial charge >= 0.3 is 0 Å². The van der Waals surface area contributed by atoms with E-state index in [4.69, 9.17) is 18.0 Å². The van der Waals surface area contributed by atoms with E-state index in [1.807, 2.05) is 4.90 Å². The van der Waals surface area contributed by atoms with Gasteiger partial charge in [-0.3, -0.25) is 0 Å². The summed E-state index contributed by atoms with van der Waals surface area (Å²) >= 11 is 5.05. The Morgan fingerprint density at radius 3 is 2.40 bits per heavy atom. The minimum Gasteiger partial charge on any atom is -0.376 e. The van der Waals surface area contributed by atoms with Crippen molar-refractivity contribution in [3.63, 3.8) is 0 Å². The van der Waals surface area contributed by atoms with Gasteiger partial charge in [0.2, 0.25) is 0 Å². The maximum Gasteiger partial charge on any atom is 0.170 e. The molecule has 0 amide bonds. The number of unbranched alkanes of at least 4 members (excludes halogenated alkanes) is 1. The lowest BCUT2D eigenvalue weighted by molar-refractivity contribution is 0.796. The molecule has 3 heteroatoms. The van der Waals surface area contributed by atoms with E-state index in [1.165, 1.54) is 5.56 Å². The summed E-state index contributed by atoms with van der Waals surface area (Å²) in [5.41, 5.74) is 8.04. The highest BCUT2D eigenvalue weighted by Crippen LogP contribution is 2.15. The maximum absolute atomic E-state index is 5.70. The van der Waals surface area contributed by atoms with Crippen molar-refractivity contribution in [2.45, 2.75) is 26.7 Å². The number of benzene rings is 1. The number of nitrogens with zero attached hydrogens (tertiary/aromatic N) is 1. The minimum absolute atomic E-state index is 0.451. The van der Waals surface area contributed by atoms with Crippen LogP contribution in [-0.4, -0.2) is 11.7 Å². The molecule has 0 bridgehead atoms. The summed E-state index contributed by atoms with van der Waals surface area (Å²) in [5.74, 6) is 0. The molecule has 0 saturated heterocycles. The lowest BCUT2D eigenvalue weighted by atomic mass is 10.2. The molecule has 0 unspecified atom stereocenters. The monoisotopic (exact) mass is 222 g/mol. The molecule has 1 rings (SSSR count). The second-order valence-corrected chi connectivity index (χ2v) is 4.10. The van der Waals surface area contributed by atoms with Crippen LogP contribution in [0.3, 0.4) is 0 Å². The smallest absolute Gasteiger partial charge is 0.170 e. The van der Waals surface area contributed by atoms with Gasteiger partial charge < -0.3 is 10.6 Å². The van der Waals surface area contributed by atoms with Crippen LogP contribution in [0.25, 0.3) is 0 Å². The number of anilines is 1. The lowest BCUT2D eigenvalue weighted by Gasteiger charge is -2.22. The molecular formula is C12H18N2S. The Kier molecular flexibility index (Phi) is 4.56. The van der Waals surface area contributed by atoms with Crippen LogP contribution in [0.5, 0.6) is 0 Å². The molecule has 0 fully saturated rings. The first-order valence-electron chi connectivity index (χ1n) is 5.28. The zero-order valence-corrected chi connectivity index (χ0v) is 10.2. The van der Waals surface area contributed by atoms with Crippen molar-refractivity contribution in [3.8, 4) is 0 Å². The molecule has 0 saturated carbocycles. The summed E-state index contributed by atoms with van der Waals surface area (Å²) < 4.78 is 0. The predicted octanol–water partition coefficient (Wildman–Crippen LogP) is 2.85. The first kappa shape index (κ1) is 12.0. The standard InChI is InChI=1S/C12H18N2S/c1-3-4-9-14(12(13)15)11-7-5-10(2)6-8-11/h5-8H,3-4,9H2,1-2H3,(H2,13,15). The van der Waals surface area contributed by atoms with Gasteiger partial charge in [0.15, 0.2) is 5.11 Å². The van der Waals surface area contributed by atoms with Crippen molar-refractivity contribution in [3.05, 3.63) is 29.8 Å². The molecule has 1 aromatic rings. The third-order valence-corrected chi connectivity index (χ3v) is 2.57. The molecule has 82 valence electrons. The van der Waals surface area contributed by atoms with E-state index in [0.717, 1.165) is 25.1 Å². The first-order chi connectivity index (χ1) is 7.15. The molecule has 0 aliphatic rings. The zero-order valence-electron chi connectivity index (χ0n) is 9.36. The van der Waals surface area contributed by atoms with Gasteiger partial charge in [0.1, 0.15) is 0 Å². The third kappa shape index (κ3) is 3.51. The van der Waals surface area contributed by atoms with E-state index in [-0.39, 0.29) is 0 Å². The zero-order chi connectivity index (χ0) is 11.3. The van der Waals surface area contributed by atoms with E-state index in [1.54, 1.807) is 0 Å². The molecule has 0 spiro atoms. The summed E-state index contributed by atoms with van der Waals surface area (Å²) in [5, 5.41) is 0.451. The molecular weight excluding hydrogens is 204 g/mol. The van der Waals surface area contributed by atoms with Gasteiger partial charge in [0.05, 0.1) is 0 Å². The van der Waals surface area contributed by atoms with Crippen LogP contribution in [0.2, 0.25) is 0 Å². The van der Waals surface area contributed by atoms with Crippen LogP contribution in [0.15, 0.2) is 24.3 Å². The topological polar surface area (TPSA) is 29.3 Å². The Balaban J connectivity index is 2.79. The predicted molar refractivity (Wildman–Crippen MR) is 70.2 cm³/mol. The van der Waals surface area contributed by atoms with Crippen LogP contribution >= 0.6 is 12.2 Å². The van der Waals surface area contributed by atoms with E-state index in [0.29, 0.717) is 5.11 Å². The Bertz CT molecular complexity index is 319. The summed E-state index contributed by atoms with van der Waals surface area (Å²) in [6.07, 6.45) is 2.25. The Labute approximate surface area is 97.1 Å². The van der Waals surface area contributed by atoms with E-state index in [9.17, 15) is 0 Å². The molecule has 0 atom stereocenters. The van der Waals surface area contributed by atoms with Crippen molar-refractivity contribution in [2.75, 3.05) is 11.4 Å². The average molecular weight is 222 g/mol. The Morgan fingerprint density at radius 1 is 1.33 bits per heavy atom. The molecule has 1 aromatic carbocycles. The largest absolute Gasteiger partial charge is 0.376 e. The molecule has 15 heavy (non-hydrogen) atoms. The summed E-state index contributed by atoms with van der Waals surface area (Å²) in [6.45, 7) is 5.13. The molecule has 0 heterocycles. The van der Waals surface area contributed by atoms with Crippen LogP contribution in [-0.2, 0) is 0 Å². The number of rotatable bonds is 4. The summed E-state index contributed by atoms with van der Waals surface area (Å²) in [6, 6.07) is 8.27.